The largest absolute Gasteiger partial charge is 0.508 e. The fourth-order valence-electron chi connectivity index (χ4n) is 2.75. The zero-order chi connectivity index (χ0) is 20.1. The second kappa shape index (κ2) is 12.7. The quantitative estimate of drug-likeness (QED) is 0.205. The van der Waals surface area contributed by atoms with Gasteiger partial charge in [0.05, 0.1) is 5.84 Å². The van der Waals surface area contributed by atoms with Crippen molar-refractivity contribution in [2.45, 2.75) is 64.3 Å². The lowest BCUT2D eigenvalue weighted by Gasteiger charge is -2.18. The van der Waals surface area contributed by atoms with Crippen molar-refractivity contribution in [3.63, 3.8) is 0 Å². The van der Waals surface area contributed by atoms with E-state index >= 15 is 0 Å². The highest BCUT2D eigenvalue weighted by molar-refractivity contribution is 5.92. The van der Waals surface area contributed by atoms with Crippen molar-refractivity contribution >= 4 is 17.6 Å². The number of hydrogen-bond acceptors (Lipinski definition) is 4. The fourth-order valence-corrected chi connectivity index (χ4v) is 2.75. The molecule has 7 nitrogen and oxygen atoms in total. The maximum Gasteiger partial charge on any atom is 0.243 e. The molecule has 0 fully saturated rings. The number of rotatable bonds is 13. The molecule has 0 unspecified atom stereocenters. The van der Waals surface area contributed by atoms with Gasteiger partial charge < -0.3 is 21.5 Å². The van der Waals surface area contributed by atoms with Crippen LogP contribution in [-0.4, -0.2) is 35.3 Å². The Hall–Kier alpha value is -2.57. The van der Waals surface area contributed by atoms with Gasteiger partial charge in [0.15, 0.2) is 0 Å². The zero-order valence-corrected chi connectivity index (χ0v) is 16.1. The summed E-state index contributed by atoms with van der Waals surface area (Å²) in [6.45, 7) is 2.50. The van der Waals surface area contributed by atoms with Crippen molar-refractivity contribution in [2.75, 3.05) is 6.54 Å². The second-order valence-corrected chi connectivity index (χ2v) is 6.72. The van der Waals surface area contributed by atoms with Crippen molar-refractivity contribution in [1.29, 1.82) is 5.41 Å². The van der Waals surface area contributed by atoms with Gasteiger partial charge in [-0.15, -0.1) is 0 Å². The van der Waals surface area contributed by atoms with E-state index in [1.165, 1.54) is 0 Å². The normalized spacial score (nSPS) is 11.6. The number of amides is 2. The Morgan fingerprint density at radius 2 is 1.96 bits per heavy atom. The molecular formula is C20H32N4O3. The first-order valence-corrected chi connectivity index (χ1v) is 9.60. The molecule has 1 rings (SSSR count). The third-order valence-corrected chi connectivity index (χ3v) is 4.21. The molecule has 6 N–H and O–H groups in total. The van der Waals surface area contributed by atoms with Crippen molar-refractivity contribution < 1.29 is 14.7 Å². The van der Waals surface area contributed by atoms with Crippen LogP contribution in [0.2, 0.25) is 0 Å². The number of nitrogens with two attached hydrogens (primary N) is 1. The van der Waals surface area contributed by atoms with Crippen LogP contribution < -0.4 is 16.4 Å². The van der Waals surface area contributed by atoms with Gasteiger partial charge in [-0.25, -0.2) is 0 Å². The van der Waals surface area contributed by atoms with Crippen LogP contribution in [0.4, 0.5) is 0 Å². The molecule has 1 atom stereocenters. The fraction of sp³-hybridized carbons (Fsp3) is 0.550. The maximum atomic E-state index is 12.4. The average Bonchev–Trinajstić information content (AvgIpc) is 2.60. The zero-order valence-electron chi connectivity index (χ0n) is 16.1. The van der Waals surface area contributed by atoms with Crippen molar-refractivity contribution in [1.82, 2.24) is 10.6 Å². The van der Waals surface area contributed by atoms with Crippen LogP contribution in [0.1, 0.15) is 57.4 Å². The molecule has 1 aromatic carbocycles. The third kappa shape index (κ3) is 10.2. The van der Waals surface area contributed by atoms with Crippen LogP contribution in [0.15, 0.2) is 24.3 Å². The van der Waals surface area contributed by atoms with E-state index in [9.17, 15) is 14.7 Å². The number of phenolic OH excluding ortho intramolecular Hbond substituents is 1. The Labute approximate surface area is 161 Å². The van der Waals surface area contributed by atoms with Crippen molar-refractivity contribution in [3.05, 3.63) is 29.8 Å². The number of nitrogens with one attached hydrogen (secondary N) is 3. The predicted molar refractivity (Wildman–Crippen MR) is 107 cm³/mol. The van der Waals surface area contributed by atoms with Crippen molar-refractivity contribution in [2.24, 2.45) is 5.73 Å². The van der Waals surface area contributed by atoms with E-state index in [4.69, 9.17) is 11.1 Å². The molecule has 0 aliphatic heterocycles. The van der Waals surface area contributed by atoms with Crippen LogP contribution in [-0.2, 0) is 16.0 Å². The van der Waals surface area contributed by atoms with E-state index in [-0.39, 0.29) is 29.8 Å². The van der Waals surface area contributed by atoms with Gasteiger partial charge in [0, 0.05) is 19.4 Å². The smallest absolute Gasteiger partial charge is 0.243 e. The van der Waals surface area contributed by atoms with Crippen LogP contribution in [0, 0.1) is 5.41 Å². The molecule has 0 aliphatic carbocycles. The van der Waals surface area contributed by atoms with Gasteiger partial charge in [-0.2, -0.15) is 0 Å². The molecule has 7 heteroatoms. The number of carbonyl (C=O) groups excluding carboxylic acids is 2. The Bertz CT molecular complexity index is 619. The second-order valence-electron chi connectivity index (χ2n) is 6.72. The minimum absolute atomic E-state index is 0.0144. The molecule has 150 valence electrons. The van der Waals surface area contributed by atoms with Crippen LogP contribution >= 0.6 is 0 Å². The summed E-state index contributed by atoms with van der Waals surface area (Å²) in [6.07, 6.45) is 6.11. The molecule has 27 heavy (non-hydrogen) atoms. The number of carbonyl (C=O) groups is 2. The molecular weight excluding hydrogens is 344 g/mol. The summed E-state index contributed by atoms with van der Waals surface area (Å²) in [7, 11) is 0. The third-order valence-electron chi connectivity index (χ3n) is 4.21. The first-order chi connectivity index (χ1) is 12.9. The topological polar surface area (TPSA) is 128 Å². The number of hydrogen-bond donors (Lipinski definition) is 5. The van der Waals surface area contributed by atoms with E-state index in [1.807, 2.05) is 6.07 Å². The van der Waals surface area contributed by atoms with E-state index in [2.05, 4.69) is 17.6 Å². The number of unbranched alkanes of at least 4 members (excludes halogenated alkanes) is 4. The summed E-state index contributed by atoms with van der Waals surface area (Å²) >= 11 is 0. The van der Waals surface area contributed by atoms with Crippen LogP contribution in [0.3, 0.4) is 0 Å². The minimum atomic E-state index is -0.838. The Morgan fingerprint density at radius 3 is 2.63 bits per heavy atom. The van der Waals surface area contributed by atoms with E-state index in [0.717, 1.165) is 37.7 Å². The van der Waals surface area contributed by atoms with Gasteiger partial charge in [0.25, 0.3) is 0 Å². The van der Waals surface area contributed by atoms with Gasteiger partial charge in [-0.1, -0.05) is 44.7 Å². The highest BCUT2D eigenvalue weighted by atomic mass is 16.3. The maximum absolute atomic E-state index is 12.4. The first-order valence-electron chi connectivity index (χ1n) is 9.60. The molecule has 0 saturated heterocycles. The standard InChI is InChI=1S/C20H32N4O3/c1-2-3-4-5-6-10-19(26)24-17(14-18(21)22)20(27)23-12-11-15-8-7-9-16(25)13-15/h7-9,13,17,25H,2-6,10-12,14H2,1H3,(H3,21,22)(H,23,27)(H,24,26)/t17-/m1/s1. The van der Waals surface area contributed by atoms with Crippen molar-refractivity contribution in [3.8, 4) is 5.75 Å². The van der Waals surface area contributed by atoms with Gasteiger partial charge >= 0.3 is 0 Å². The predicted octanol–water partition coefficient (Wildman–Crippen LogP) is 2.22. The molecule has 0 aliphatic rings. The van der Waals surface area contributed by atoms with Gasteiger partial charge in [-0.05, 0) is 30.5 Å². The Balaban J connectivity index is 2.43. The summed E-state index contributed by atoms with van der Waals surface area (Å²) in [5, 5.41) is 22.3. The van der Waals surface area contributed by atoms with E-state index in [1.54, 1.807) is 18.2 Å². The highest BCUT2D eigenvalue weighted by Crippen LogP contribution is 2.11. The monoisotopic (exact) mass is 376 g/mol. The Morgan fingerprint density at radius 1 is 1.22 bits per heavy atom. The first kappa shape index (κ1) is 22.5. The summed E-state index contributed by atoms with van der Waals surface area (Å²) in [5.74, 6) is -0.517. The average molecular weight is 377 g/mol. The lowest BCUT2D eigenvalue weighted by atomic mass is 10.1. The lowest BCUT2D eigenvalue weighted by molar-refractivity contribution is -0.128. The summed E-state index contributed by atoms with van der Waals surface area (Å²) < 4.78 is 0. The summed E-state index contributed by atoms with van der Waals surface area (Å²) in [6, 6.07) is 5.99. The SMILES string of the molecule is CCCCCCCC(=O)N[C@H](CC(=N)N)C(=O)NCCc1cccc(O)c1. The molecule has 0 spiro atoms. The molecule has 0 radical (unpaired) electrons. The van der Waals surface area contributed by atoms with Crippen LogP contribution in [0.5, 0.6) is 5.75 Å². The molecule has 1 aromatic rings. The van der Waals surface area contributed by atoms with E-state index in [0.29, 0.717) is 19.4 Å². The van der Waals surface area contributed by atoms with Gasteiger partial charge in [-0.3, -0.25) is 15.0 Å². The molecule has 0 saturated carbocycles. The van der Waals surface area contributed by atoms with Crippen LogP contribution in [0.25, 0.3) is 0 Å². The summed E-state index contributed by atoms with van der Waals surface area (Å²) in [4.78, 5) is 24.4. The number of aromatic hydroxyl groups is 1. The molecule has 0 heterocycles. The van der Waals surface area contributed by atoms with Gasteiger partial charge in [0.2, 0.25) is 11.8 Å². The van der Waals surface area contributed by atoms with Gasteiger partial charge in [0.1, 0.15) is 11.8 Å². The van der Waals surface area contributed by atoms with E-state index < -0.39 is 6.04 Å². The molecule has 2 amide bonds. The molecule has 0 aromatic heterocycles. The molecule has 0 bridgehead atoms. The Kier molecular flexibility index (Phi) is 10.6. The lowest BCUT2D eigenvalue weighted by Crippen LogP contribution is -2.48. The highest BCUT2D eigenvalue weighted by Gasteiger charge is 2.21. The number of benzene rings is 1. The summed E-state index contributed by atoms with van der Waals surface area (Å²) in [5.41, 5.74) is 6.32. The number of phenols is 1. The number of amidine groups is 1. The minimum Gasteiger partial charge on any atom is -0.508 e.